The summed E-state index contributed by atoms with van der Waals surface area (Å²) in [5.41, 5.74) is 2.98. The summed E-state index contributed by atoms with van der Waals surface area (Å²) < 4.78 is 1.70. The van der Waals surface area contributed by atoms with Crippen molar-refractivity contribution in [2.45, 2.75) is 33.2 Å². The van der Waals surface area contributed by atoms with Crippen LogP contribution in [0, 0.1) is 24.0 Å². The minimum Gasteiger partial charge on any atom is -0.278 e. The van der Waals surface area contributed by atoms with Crippen LogP contribution in [0.4, 0.5) is 5.69 Å². The molecule has 1 aromatic heterocycles. The van der Waals surface area contributed by atoms with Crippen LogP contribution in [0.1, 0.15) is 36.4 Å². The third-order valence-electron chi connectivity index (χ3n) is 4.29. The van der Waals surface area contributed by atoms with E-state index in [1.54, 1.807) is 23.0 Å². The van der Waals surface area contributed by atoms with Crippen LogP contribution in [0.3, 0.4) is 0 Å². The molecule has 0 saturated carbocycles. The fourth-order valence-electron chi connectivity index (χ4n) is 2.87. The lowest BCUT2D eigenvalue weighted by Crippen LogP contribution is -2.22. The molecule has 138 valence electrons. The first-order valence-corrected chi connectivity index (χ1v) is 8.45. The number of aryl methyl sites for hydroxylation is 2. The van der Waals surface area contributed by atoms with E-state index in [1.165, 1.54) is 12.1 Å². The second-order valence-corrected chi connectivity index (χ2v) is 6.82. The molecular formula is C19H20N6O2. The van der Waals surface area contributed by atoms with Gasteiger partial charge in [0.1, 0.15) is 5.54 Å². The molecule has 0 aliphatic carbocycles. The first-order chi connectivity index (χ1) is 12.8. The summed E-state index contributed by atoms with van der Waals surface area (Å²) in [6.45, 7) is 7.81. The molecule has 0 fully saturated rings. The Morgan fingerprint density at radius 2 is 1.81 bits per heavy atom. The summed E-state index contributed by atoms with van der Waals surface area (Å²) >= 11 is 0. The maximum Gasteiger partial charge on any atom is 0.270 e. The molecule has 8 nitrogen and oxygen atoms in total. The second-order valence-electron chi connectivity index (χ2n) is 6.82. The van der Waals surface area contributed by atoms with Crippen LogP contribution in [0.25, 0.3) is 5.69 Å². The molecule has 3 aromatic rings. The van der Waals surface area contributed by atoms with Gasteiger partial charge in [0.05, 0.1) is 10.6 Å². The monoisotopic (exact) mass is 364 g/mol. The van der Waals surface area contributed by atoms with Crippen LogP contribution < -0.4 is 0 Å². The molecule has 0 aliphatic rings. The van der Waals surface area contributed by atoms with Crippen molar-refractivity contribution >= 4 is 11.9 Å². The zero-order valence-electron chi connectivity index (χ0n) is 15.6. The molecule has 0 N–H and O–H groups in total. The molecule has 0 bridgehead atoms. The van der Waals surface area contributed by atoms with Gasteiger partial charge in [0.25, 0.3) is 5.69 Å². The predicted octanol–water partition coefficient (Wildman–Crippen LogP) is 3.54. The Labute approximate surface area is 156 Å². The molecule has 27 heavy (non-hydrogen) atoms. The molecule has 0 saturated heterocycles. The molecule has 0 atom stereocenters. The van der Waals surface area contributed by atoms with E-state index in [0.717, 1.165) is 16.8 Å². The number of non-ortho nitro benzene ring substituents is 1. The van der Waals surface area contributed by atoms with Gasteiger partial charge in [0, 0.05) is 18.3 Å². The number of nitro groups is 1. The first kappa shape index (κ1) is 18.4. The summed E-state index contributed by atoms with van der Waals surface area (Å²) in [6, 6.07) is 12.3. The van der Waals surface area contributed by atoms with Crippen LogP contribution in [0.2, 0.25) is 0 Å². The maximum atomic E-state index is 10.9. The third-order valence-corrected chi connectivity index (χ3v) is 4.29. The Morgan fingerprint density at radius 1 is 1.15 bits per heavy atom. The second kappa shape index (κ2) is 7.06. The van der Waals surface area contributed by atoms with Gasteiger partial charge in [0.2, 0.25) is 0 Å². The normalized spacial score (nSPS) is 11.9. The average molecular weight is 364 g/mol. The lowest BCUT2D eigenvalue weighted by Gasteiger charge is -2.20. The van der Waals surface area contributed by atoms with Gasteiger partial charge in [-0.3, -0.25) is 15.1 Å². The van der Waals surface area contributed by atoms with Crippen LogP contribution in [0.15, 0.2) is 47.5 Å². The number of rotatable bonds is 5. The number of tetrazole rings is 1. The molecule has 0 amide bonds. The van der Waals surface area contributed by atoms with E-state index in [2.05, 4.69) is 20.5 Å². The summed E-state index contributed by atoms with van der Waals surface area (Å²) in [5.74, 6) is 0.585. The SMILES string of the molecule is Cc1cccc(C)c1-n1nnnc1C(C)(C)N=Cc1cccc([N+](=O)[O-])c1. The highest BCUT2D eigenvalue weighted by atomic mass is 16.6. The van der Waals surface area contributed by atoms with Crippen molar-refractivity contribution in [2.24, 2.45) is 4.99 Å². The van der Waals surface area contributed by atoms with Crippen LogP contribution in [-0.2, 0) is 5.54 Å². The molecule has 1 heterocycles. The smallest absolute Gasteiger partial charge is 0.270 e. The number of benzene rings is 2. The minimum absolute atomic E-state index is 0.0251. The van der Waals surface area contributed by atoms with E-state index < -0.39 is 10.5 Å². The van der Waals surface area contributed by atoms with Gasteiger partial charge in [-0.15, -0.1) is 5.10 Å². The van der Waals surface area contributed by atoms with Gasteiger partial charge in [-0.05, 0) is 54.8 Å². The zero-order chi connectivity index (χ0) is 19.6. The highest BCUT2D eigenvalue weighted by Gasteiger charge is 2.28. The molecule has 0 spiro atoms. The van der Waals surface area contributed by atoms with Gasteiger partial charge >= 0.3 is 0 Å². The molecular weight excluding hydrogens is 344 g/mol. The average Bonchev–Trinajstić information content (AvgIpc) is 3.10. The van der Waals surface area contributed by atoms with Gasteiger partial charge in [-0.25, -0.2) is 0 Å². The van der Waals surface area contributed by atoms with E-state index in [1.807, 2.05) is 45.9 Å². The first-order valence-electron chi connectivity index (χ1n) is 8.45. The number of nitro benzene ring substituents is 1. The van der Waals surface area contributed by atoms with Crippen molar-refractivity contribution in [2.75, 3.05) is 0 Å². The van der Waals surface area contributed by atoms with E-state index >= 15 is 0 Å². The van der Waals surface area contributed by atoms with Crippen LogP contribution >= 0.6 is 0 Å². The summed E-state index contributed by atoms with van der Waals surface area (Å²) in [4.78, 5) is 15.1. The van der Waals surface area contributed by atoms with E-state index in [0.29, 0.717) is 11.4 Å². The van der Waals surface area contributed by atoms with Gasteiger partial charge in [-0.1, -0.05) is 30.3 Å². The fraction of sp³-hybridized carbons (Fsp3) is 0.263. The van der Waals surface area contributed by atoms with Gasteiger partial charge in [0.15, 0.2) is 5.82 Å². The molecule has 8 heteroatoms. The Hall–Kier alpha value is -3.42. The van der Waals surface area contributed by atoms with Crippen molar-refractivity contribution in [3.05, 3.63) is 75.1 Å². The highest BCUT2D eigenvalue weighted by molar-refractivity contribution is 5.81. The summed E-state index contributed by atoms with van der Waals surface area (Å²) in [7, 11) is 0. The Morgan fingerprint density at radius 3 is 2.48 bits per heavy atom. The number of hydrogen-bond acceptors (Lipinski definition) is 6. The Bertz CT molecular complexity index is 1000. The predicted molar refractivity (Wildman–Crippen MR) is 102 cm³/mol. The van der Waals surface area contributed by atoms with Gasteiger partial charge in [-0.2, -0.15) is 4.68 Å². The highest BCUT2D eigenvalue weighted by Crippen LogP contribution is 2.27. The van der Waals surface area contributed by atoms with Crippen molar-refractivity contribution in [1.82, 2.24) is 20.2 Å². The zero-order valence-corrected chi connectivity index (χ0v) is 15.6. The molecule has 0 radical (unpaired) electrons. The molecule has 2 aromatic carbocycles. The van der Waals surface area contributed by atoms with Crippen molar-refractivity contribution < 1.29 is 4.92 Å². The lowest BCUT2D eigenvalue weighted by molar-refractivity contribution is -0.384. The minimum atomic E-state index is -0.733. The Kier molecular flexibility index (Phi) is 4.81. The van der Waals surface area contributed by atoms with E-state index in [4.69, 9.17) is 0 Å². The molecule has 0 unspecified atom stereocenters. The number of para-hydroxylation sites is 1. The molecule has 3 rings (SSSR count). The van der Waals surface area contributed by atoms with Gasteiger partial charge < -0.3 is 0 Å². The number of aliphatic imine (C=N–C) groups is 1. The number of nitrogens with zero attached hydrogens (tertiary/aromatic N) is 6. The lowest BCUT2D eigenvalue weighted by atomic mass is 10.0. The topological polar surface area (TPSA) is 99.1 Å². The van der Waals surface area contributed by atoms with Crippen LogP contribution in [-0.4, -0.2) is 31.3 Å². The molecule has 0 aliphatic heterocycles. The third kappa shape index (κ3) is 3.74. The standard InChI is InChI=1S/C19H20N6O2/c1-13-7-5-8-14(2)17(13)24-18(21-22-23-24)19(3,4)20-12-15-9-6-10-16(11-15)25(26)27/h5-12H,1-4H3. The van der Waals surface area contributed by atoms with Crippen molar-refractivity contribution in [3.63, 3.8) is 0 Å². The van der Waals surface area contributed by atoms with Crippen molar-refractivity contribution in [3.8, 4) is 5.69 Å². The van der Waals surface area contributed by atoms with E-state index in [-0.39, 0.29) is 5.69 Å². The van der Waals surface area contributed by atoms with Crippen molar-refractivity contribution in [1.29, 1.82) is 0 Å². The largest absolute Gasteiger partial charge is 0.278 e. The summed E-state index contributed by atoms with van der Waals surface area (Å²) in [5, 5.41) is 23.1. The Balaban J connectivity index is 1.99. The number of aromatic nitrogens is 4. The quantitative estimate of drug-likeness (QED) is 0.392. The number of hydrogen-bond donors (Lipinski definition) is 0. The maximum absolute atomic E-state index is 10.9. The fourth-order valence-corrected chi connectivity index (χ4v) is 2.87. The van der Waals surface area contributed by atoms with Crippen LogP contribution in [0.5, 0.6) is 0 Å². The van der Waals surface area contributed by atoms with E-state index in [9.17, 15) is 10.1 Å². The summed E-state index contributed by atoms with van der Waals surface area (Å²) in [6.07, 6.45) is 1.61.